The first-order valence-corrected chi connectivity index (χ1v) is 9.62. The number of rotatable bonds is 3. The molecule has 1 aromatic rings. The van der Waals surface area contributed by atoms with Crippen molar-refractivity contribution in [1.29, 1.82) is 0 Å². The molecule has 1 N–H and O–H groups in total. The Hall–Kier alpha value is -2.17. The second kappa shape index (κ2) is 6.86. The van der Waals surface area contributed by atoms with Crippen molar-refractivity contribution in [3.8, 4) is 0 Å². The third kappa shape index (κ3) is 3.39. The third-order valence-electron chi connectivity index (χ3n) is 6.21. The van der Waals surface area contributed by atoms with Gasteiger partial charge in [-0.2, -0.15) is 0 Å². The zero-order valence-electron chi connectivity index (χ0n) is 15.0. The number of halogens is 1. The van der Waals surface area contributed by atoms with Gasteiger partial charge in [0.2, 0.25) is 11.8 Å². The lowest BCUT2D eigenvalue weighted by atomic mass is 9.89. The number of nitrogens with one attached hydrogen (secondary N) is 1. The van der Waals surface area contributed by atoms with Crippen LogP contribution < -0.4 is 5.32 Å². The molecule has 1 spiro atoms. The second-order valence-corrected chi connectivity index (χ2v) is 7.89. The topological polar surface area (TPSA) is 49.4 Å². The van der Waals surface area contributed by atoms with Crippen LogP contribution in [0.1, 0.15) is 44.9 Å². The van der Waals surface area contributed by atoms with E-state index in [1.807, 2.05) is 4.90 Å². The summed E-state index contributed by atoms with van der Waals surface area (Å²) in [6.45, 7) is 1.47. The molecule has 0 bridgehead atoms. The average Bonchev–Trinajstić information content (AvgIpc) is 3.36. The Morgan fingerprint density at radius 2 is 2.00 bits per heavy atom. The molecule has 0 radical (unpaired) electrons. The molecule has 2 amide bonds. The van der Waals surface area contributed by atoms with Crippen LogP contribution in [-0.4, -0.2) is 29.8 Å². The first kappa shape index (κ1) is 17.3. The molecule has 3 aliphatic rings. The summed E-state index contributed by atoms with van der Waals surface area (Å²) in [5, 5.41) is 2.83. The highest BCUT2D eigenvalue weighted by Crippen LogP contribution is 2.59. The molecule has 2 aliphatic carbocycles. The predicted molar refractivity (Wildman–Crippen MR) is 97.9 cm³/mol. The van der Waals surface area contributed by atoms with E-state index in [0.29, 0.717) is 5.69 Å². The van der Waals surface area contributed by atoms with E-state index in [1.165, 1.54) is 18.6 Å². The van der Waals surface area contributed by atoms with E-state index in [-0.39, 0.29) is 29.0 Å². The molecule has 1 atom stereocenters. The molecule has 0 unspecified atom stereocenters. The normalized spacial score (nSPS) is 24.1. The number of carbonyl (C=O) groups is 2. The largest absolute Gasteiger partial charge is 0.339 e. The van der Waals surface area contributed by atoms with Crippen LogP contribution in [0.2, 0.25) is 0 Å². The minimum absolute atomic E-state index is 0.0167. The quantitative estimate of drug-likeness (QED) is 0.893. The van der Waals surface area contributed by atoms with E-state index in [0.717, 1.165) is 57.2 Å². The van der Waals surface area contributed by atoms with Crippen LogP contribution in [0.15, 0.2) is 35.9 Å². The lowest BCUT2D eigenvalue weighted by molar-refractivity contribution is -0.129. The summed E-state index contributed by atoms with van der Waals surface area (Å²) in [5.74, 6) is -0.194. The molecule has 138 valence electrons. The van der Waals surface area contributed by atoms with Crippen molar-refractivity contribution in [2.75, 3.05) is 18.4 Å². The molecule has 0 aromatic heterocycles. The highest BCUT2D eigenvalue weighted by Gasteiger charge is 2.58. The summed E-state index contributed by atoms with van der Waals surface area (Å²) in [6.07, 6.45) is 8.95. The van der Waals surface area contributed by atoms with Gasteiger partial charge in [0, 0.05) is 30.3 Å². The zero-order chi connectivity index (χ0) is 18.1. The van der Waals surface area contributed by atoms with Crippen LogP contribution in [0.3, 0.4) is 0 Å². The molecule has 4 rings (SSSR count). The maximum Gasteiger partial charge on any atom is 0.249 e. The Kier molecular flexibility index (Phi) is 4.55. The lowest BCUT2D eigenvalue weighted by Crippen LogP contribution is -2.41. The maximum absolute atomic E-state index is 13.3. The molecular formula is C21H25FN2O2. The molecule has 1 saturated carbocycles. The molecule has 1 aromatic carbocycles. The highest BCUT2D eigenvalue weighted by molar-refractivity contribution is 5.95. The van der Waals surface area contributed by atoms with Gasteiger partial charge in [-0.15, -0.1) is 0 Å². The fourth-order valence-corrected chi connectivity index (χ4v) is 4.46. The van der Waals surface area contributed by atoms with Gasteiger partial charge in [-0.05, 0) is 68.6 Å². The van der Waals surface area contributed by atoms with E-state index < -0.39 is 0 Å². The number of hydrogen-bond donors (Lipinski definition) is 1. The second-order valence-electron chi connectivity index (χ2n) is 7.89. The van der Waals surface area contributed by atoms with Gasteiger partial charge in [-0.1, -0.05) is 12.1 Å². The fourth-order valence-electron chi connectivity index (χ4n) is 4.46. The van der Waals surface area contributed by atoms with E-state index in [2.05, 4.69) is 11.4 Å². The van der Waals surface area contributed by atoms with Crippen molar-refractivity contribution >= 4 is 17.5 Å². The van der Waals surface area contributed by atoms with Crippen LogP contribution in [-0.2, 0) is 9.59 Å². The van der Waals surface area contributed by atoms with Gasteiger partial charge in [0.1, 0.15) is 5.82 Å². The summed E-state index contributed by atoms with van der Waals surface area (Å²) in [6, 6.07) is 6.00. The Balaban J connectivity index is 1.31. The molecule has 2 fully saturated rings. The standard InChI is InChI=1S/C21H25FN2O2/c22-16-7-4-8-17(13-16)23-19(25)18-14-21(18)9-11-24(12-10-21)20(26)15-5-2-1-3-6-15/h4-5,7-8,13,18H,1-3,6,9-12,14H2,(H,23,25)/t18-/m0/s1. The molecule has 26 heavy (non-hydrogen) atoms. The predicted octanol–water partition coefficient (Wildman–Crippen LogP) is 3.89. The number of amides is 2. The van der Waals surface area contributed by atoms with Crippen molar-refractivity contribution < 1.29 is 14.0 Å². The monoisotopic (exact) mass is 356 g/mol. The van der Waals surface area contributed by atoms with E-state index in [9.17, 15) is 14.0 Å². The van der Waals surface area contributed by atoms with E-state index in [1.54, 1.807) is 12.1 Å². The zero-order valence-corrected chi connectivity index (χ0v) is 15.0. The fraction of sp³-hybridized carbons (Fsp3) is 0.524. The smallest absolute Gasteiger partial charge is 0.249 e. The summed E-state index contributed by atoms with van der Waals surface area (Å²) < 4.78 is 13.3. The minimum Gasteiger partial charge on any atom is -0.339 e. The summed E-state index contributed by atoms with van der Waals surface area (Å²) in [7, 11) is 0. The summed E-state index contributed by atoms with van der Waals surface area (Å²) >= 11 is 0. The summed E-state index contributed by atoms with van der Waals surface area (Å²) in [4.78, 5) is 27.1. The highest BCUT2D eigenvalue weighted by atomic mass is 19.1. The molecule has 5 heteroatoms. The van der Waals surface area contributed by atoms with Crippen molar-refractivity contribution in [1.82, 2.24) is 4.90 Å². The first-order valence-electron chi connectivity index (χ1n) is 9.62. The van der Waals surface area contributed by atoms with Gasteiger partial charge in [0.25, 0.3) is 0 Å². The molecule has 1 aliphatic heterocycles. The number of piperidine rings is 1. The lowest BCUT2D eigenvalue weighted by Gasteiger charge is -2.34. The third-order valence-corrected chi connectivity index (χ3v) is 6.21. The molecule has 1 heterocycles. The van der Waals surface area contributed by atoms with Crippen molar-refractivity contribution in [3.05, 3.63) is 41.7 Å². The van der Waals surface area contributed by atoms with Gasteiger partial charge >= 0.3 is 0 Å². The number of likely N-dealkylation sites (tertiary alicyclic amines) is 1. The average molecular weight is 356 g/mol. The van der Waals surface area contributed by atoms with Crippen LogP contribution in [0, 0.1) is 17.2 Å². The minimum atomic E-state index is -0.350. The Morgan fingerprint density at radius 1 is 1.19 bits per heavy atom. The van der Waals surface area contributed by atoms with Crippen LogP contribution in [0.5, 0.6) is 0 Å². The van der Waals surface area contributed by atoms with Gasteiger partial charge < -0.3 is 10.2 Å². The molecular weight excluding hydrogens is 331 g/mol. The van der Waals surface area contributed by atoms with Gasteiger partial charge in [-0.25, -0.2) is 4.39 Å². The van der Waals surface area contributed by atoms with E-state index in [4.69, 9.17) is 0 Å². The maximum atomic E-state index is 13.3. The van der Waals surface area contributed by atoms with Gasteiger partial charge in [0.05, 0.1) is 0 Å². The number of anilines is 1. The SMILES string of the molecule is O=C(Nc1cccc(F)c1)[C@@H]1CC12CCN(C(=O)C1=CCCCC1)CC2. The molecule has 4 nitrogen and oxygen atoms in total. The molecule has 1 saturated heterocycles. The van der Waals surface area contributed by atoms with Gasteiger partial charge in [-0.3, -0.25) is 9.59 Å². The number of hydrogen-bond acceptors (Lipinski definition) is 2. The van der Waals surface area contributed by atoms with Gasteiger partial charge in [0.15, 0.2) is 0 Å². The number of nitrogens with zero attached hydrogens (tertiary/aromatic N) is 1. The number of benzene rings is 1. The van der Waals surface area contributed by atoms with Crippen LogP contribution in [0.25, 0.3) is 0 Å². The van der Waals surface area contributed by atoms with Crippen molar-refractivity contribution in [3.63, 3.8) is 0 Å². The Morgan fingerprint density at radius 3 is 2.69 bits per heavy atom. The van der Waals surface area contributed by atoms with E-state index >= 15 is 0 Å². The van der Waals surface area contributed by atoms with Crippen LogP contribution in [0.4, 0.5) is 10.1 Å². The van der Waals surface area contributed by atoms with Crippen molar-refractivity contribution in [2.45, 2.75) is 44.9 Å². The Bertz CT molecular complexity index is 750. The Labute approximate surface area is 153 Å². The van der Waals surface area contributed by atoms with Crippen LogP contribution >= 0.6 is 0 Å². The first-order chi connectivity index (χ1) is 12.6. The summed E-state index contributed by atoms with van der Waals surface area (Å²) in [5.41, 5.74) is 1.52. The number of allylic oxidation sites excluding steroid dienone is 1. The number of carbonyl (C=O) groups excluding carboxylic acids is 2. The van der Waals surface area contributed by atoms with Crippen molar-refractivity contribution in [2.24, 2.45) is 11.3 Å².